The van der Waals surface area contributed by atoms with Crippen LogP contribution in [-0.4, -0.2) is 69.2 Å². The second-order valence-electron chi connectivity index (χ2n) is 4.85. The summed E-state index contributed by atoms with van der Waals surface area (Å²) < 4.78 is 17.6. The molecule has 12 heteroatoms. The van der Waals surface area contributed by atoms with Crippen LogP contribution in [-0.2, 0) is 28.5 Å². The third-order valence-electron chi connectivity index (χ3n) is 2.89. The highest BCUT2D eigenvalue weighted by Gasteiger charge is 2.49. The maximum Gasteiger partial charge on any atom is 0.303 e. The summed E-state index contributed by atoms with van der Waals surface area (Å²) >= 11 is 16.5. The van der Waals surface area contributed by atoms with Gasteiger partial charge in [0.2, 0.25) is 12.2 Å². The molecule has 3 N–H and O–H groups in total. The Bertz CT molecular complexity index is 495. The zero-order chi connectivity index (χ0) is 18.7. The summed E-state index contributed by atoms with van der Waals surface area (Å²) in [6.45, 7) is 1.78. The standard InChI is InChI=1S/C12H16Cl3NO8/c1-4(17)21-3-6-7(19)8(20)9(22-5(2)18)10(23-6)24-11(16)12(13,14)15/h6-10,16,19-20H,3H2,1-2H3/t6?,7-,8?,9+,10+/m1/s1. The van der Waals surface area contributed by atoms with Crippen molar-refractivity contribution in [2.75, 3.05) is 6.61 Å². The topological polar surface area (TPSA) is 135 Å². The normalized spacial score (nSPS) is 30.4. The Hall–Kier alpha value is -0.840. The third-order valence-corrected chi connectivity index (χ3v) is 3.40. The van der Waals surface area contributed by atoms with Gasteiger partial charge in [-0.25, -0.2) is 0 Å². The van der Waals surface area contributed by atoms with Crippen LogP contribution in [0.4, 0.5) is 0 Å². The predicted octanol–water partition coefficient (Wildman–Crippen LogP) is 0.292. The minimum absolute atomic E-state index is 0.415. The molecule has 5 atom stereocenters. The molecule has 1 aliphatic heterocycles. The third kappa shape index (κ3) is 5.91. The van der Waals surface area contributed by atoms with Gasteiger partial charge in [-0.1, -0.05) is 34.8 Å². The second kappa shape index (κ2) is 8.50. The van der Waals surface area contributed by atoms with Crippen molar-refractivity contribution in [1.29, 1.82) is 5.41 Å². The van der Waals surface area contributed by atoms with Crippen LogP contribution < -0.4 is 0 Å². The van der Waals surface area contributed by atoms with E-state index in [1.54, 1.807) is 0 Å². The van der Waals surface area contributed by atoms with E-state index in [-0.39, 0.29) is 0 Å². The van der Waals surface area contributed by atoms with Gasteiger partial charge in [-0.15, -0.1) is 0 Å². The largest absolute Gasteiger partial charge is 0.463 e. The first-order chi connectivity index (χ1) is 10.9. The van der Waals surface area contributed by atoms with Crippen LogP contribution in [0.3, 0.4) is 0 Å². The quantitative estimate of drug-likeness (QED) is 0.261. The van der Waals surface area contributed by atoms with Crippen LogP contribution in [0, 0.1) is 5.41 Å². The van der Waals surface area contributed by atoms with Crippen molar-refractivity contribution in [3.05, 3.63) is 0 Å². The van der Waals surface area contributed by atoms with Crippen molar-refractivity contribution < 1.29 is 38.7 Å². The Kier molecular flexibility index (Phi) is 7.51. The van der Waals surface area contributed by atoms with Crippen LogP contribution in [0.2, 0.25) is 0 Å². The van der Waals surface area contributed by atoms with Crippen molar-refractivity contribution in [2.24, 2.45) is 0 Å². The molecule has 1 saturated heterocycles. The lowest BCUT2D eigenvalue weighted by Gasteiger charge is -2.41. The number of aliphatic hydroxyl groups excluding tert-OH is 2. The highest BCUT2D eigenvalue weighted by molar-refractivity contribution is 6.76. The van der Waals surface area contributed by atoms with Gasteiger partial charge in [0.15, 0.2) is 6.10 Å². The lowest BCUT2D eigenvalue weighted by atomic mass is 9.99. The average molecular weight is 409 g/mol. The Morgan fingerprint density at radius 1 is 1.12 bits per heavy atom. The van der Waals surface area contributed by atoms with Crippen molar-refractivity contribution >= 4 is 52.6 Å². The van der Waals surface area contributed by atoms with E-state index in [9.17, 15) is 19.8 Å². The number of halogens is 3. The van der Waals surface area contributed by atoms with Gasteiger partial charge in [0.25, 0.3) is 3.79 Å². The minimum atomic E-state index is -2.23. The molecule has 0 saturated carbocycles. The fraction of sp³-hybridized carbons (Fsp3) is 0.750. The molecular formula is C12H16Cl3NO8. The zero-order valence-electron chi connectivity index (χ0n) is 12.6. The van der Waals surface area contributed by atoms with E-state index in [0.717, 1.165) is 13.8 Å². The molecule has 9 nitrogen and oxygen atoms in total. The van der Waals surface area contributed by atoms with Crippen molar-refractivity contribution in [2.45, 2.75) is 48.3 Å². The number of alkyl halides is 3. The summed E-state index contributed by atoms with van der Waals surface area (Å²) in [7, 11) is 0. The van der Waals surface area contributed by atoms with E-state index >= 15 is 0 Å². The number of hydrogen-bond donors (Lipinski definition) is 3. The monoisotopic (exact) mass is 407 g/mol. The summed E-state index contributed by atoms with van der Waals surface area (Å²) in [5.41, 5.74) is 0. The highest BCUT2D eigenvalue weighted by atomic mass is 35.6. The molecular weight excluding hydrogens is 392 g/mol. The number of esters is 2. The first kappa shape index (κ1) is 21.2. The average Bonchev–Trinajstić information content (AvgIpc) is 2.43. The number of nitrogens with one attached hydrogen (secondary N) is 1. The molecule has 1 rings (SSSR count). The molecule has 1 heterocycles. The lowest BCUT2D eigenvalue weighted by molar-refractivity contribution is -0.286. The zero-order valence-corrected chi connectivity index (χ0v) is 14.8. The van der Waals surface area contributed by atoms with Crippen LogP contribution >= 0.6 is 34.8 Å². The first-order valence-corrected chi connectivity index (χ1v) is 7.71. The van der Waals surface area contributed by atoms with Gasteiger partial charge in [0.1, 0.15) is 24.9 Å². The minimum Gasteiger partial charge on any atom is -0.463 e. The molecule has 0 amide bonds. The van der Waals surface area contributed by atoms with Crippen molar-refractivity contribution in [3.63, 3.8) is 0 Å². The molecule has 0 radical (unpaired) electrons. The Labute approximate surface area is 152 Å². The van der Waals surface area contributed by atoms with E-state index < -0.39 is 58.9 Å². The Morgan fingerprint density at radius 3 is 2.17 bits per heavy atom. The van der Waals surface area contributed by atoms with Gasteiger partial charge in [0, 0.05) is 13.8 Å². The lowest BCUT2D eigenvalue weighted by Crippen LogP contribution is -2.61. The van der Waals surface area contributed by atoms with Gasteiger partial charge in [0.05, 0.1) is 0 Å². The molecule has 0 aromatic carbocycles. The van der Waals surface area contributed by atoms with Crippen LogP contribution in [0.15, 0.2) is 0 Å². The molecule has 0 aromatic heterocycles. The van der Waals surface area contributed by atoms with Crippen LogP contribution in [0.25, 0.3) is 0 Å². The molecule has 138 valence electrons. The molecule has 0 aromatic rings. The summed E-state index contributed by atoms with van der Waals surface area (Å²) in [4.78, 5) is 22.0. The summed E-state index contributed by atoms with van der Waals surface area (Å²) in [5, 5.41) is 27.6. The summed E-state index contributed by atoms with van der Waals surface area (Å²) in [6.07, 6.45) is -7.51. The fourth-order valence-electron chi connectivity index (χ4n) is 1.84. The molecule has 1 fully saturated rings. The summed E-state index contributed by atoms with van der Waals surface area (Å²) in [6, 6.07) is 0. The molecule has 2 unspecified atom stereocenters. The van der Waals surface area contributed by atoms with Crippen LogP contribution in [0.5, 0.6) is 0 Å². The number of aliphatic hydroxyl groups is 2. The van der Waals surface area contributed by atoms with Gasteiger partial charge < -0.3 is 29.2 Å². The maximum atomic E-state index is 11.2. The Balaban J connectivity index is 2.95. The molecule has 0 aliphatic carbocycles. The smallest absolute Gasteiger partial charge is 0.303 e. The van der Waals surface area contributed by atoms with Gasteiger partial charge >= 0.3 is 11.9 Å². The molecule has 24 heavy (non-hydrogen) atoms. The van der Waals surface area contributed by atoms with Gasteiger partial charge in [-0.3, -0.25) is 15.0 Å². The fourth-order valence-corrected chi connectivity index (χ4v) is 1.97. The van der Waals surface area contributed by atoms with Crippen molar-refractivity contribution in [3.8, 4) is 0 Å². The number of hydrogen-bond acceptors (Lipinski definition) is 9. The van der Waals surface area contributed by atoms with Gasteiger partial charge in [-0.2, -0.15) is 0 Å². The summed E-state index contributed by atoms with van der Waals surface area (Å²) in [5.74, 6) is -2.30. The SMILES string of the molecule is CC(=O)OCC1O[C@@H](OC(=N)C(Cl)(Cl)Cl)[C@@H](OC(C)=O)C(O)[C@@H]1O. The predicted molar refractivity (Wildman–Crippen MR) is 82.0 cm³/mol. The molecule has 0 bridgehead atoms. The van der Waals surface area contributed by atoms with E-state index in [4.69, 9.17) is 59.2 Å². The number of ether oxygens (including phenoxy) is 4. The number of rotatable bonds is 4. The Morgan fingerprint density at radius 2 is 1.71 bits per heavy atom. The van der Waals surface area contributed by atoms with Crippen molar-refractivity contribution in [1.82, 2.24) is 0 Å². The van der Waals surface area contributed by atoms with Crippen LogP contribution in [0.1, 0.15) is 13.8 Å². The first-order valence-electron chi connectivity index (χ1n) is 6.58. The second-order valence-corrected chi connectivity index (χ2v) is 7.13. The van der Waals surface area contributed by atoms with E-state index in [2.05, 4.69) is 0 Å². The van der Waals surface area contributed by atoms with E-state index in [1.807, 2.05) is 0 Å². The number of carbonyl (C=O) groups is 2. The highest BCUT2D eigenvalue weighted by Crippen LogP contribution is 2.31. The number of carbonyl (C=O) groups excluding carboxylic acids is 2. The maximum absolute atomic E-state index is 11.2. The van der Waals surface area contributed by atoms with E-state index in [0.29, 0.717) is 0 Å². The van der Waals surface area contributed by atoms with Gasteiger partial charge in [-0.05, 0) is 0 Å². The van der Waals surface area contributed by atoms with E-state index in [1.165, 1.54) is 0 Å². The molecule has 0 spiro atoms. The molecule has 1 aliphatic rings.